The van der Waals surface area contributed by atoms with Crippen LogP contribution in [0.1, 0.15) is 40.0 Å². The zero-order valence-electron chi connectivity index (χ0n) is 9.63. The van der Waals surface area contributed by atoms with Crippen LogP contribution in [0.5, 0.6) is 0 Å². The van der Waals surface area contributed by atoms with E-state index >= 15 is 0 Å². The Kier molecular flexibility index (Phi) is 2.07. The third-order valence-corrected chi connectivity index (χ3v) is 3.44. The number of urea groups is 1. The van der Waals surface area contributed by atoms with Gasteiger partial charge in [-0.05, 0) is 30.6 Å². The third kappa shape index (κ3) is 1.73. The Hall–Kier alpha value is -1.06. The van der Waals surface area contributed by atoms with Crippen molar-refractivity contribution in [2.24, 2.45) is 22.1 Å². The van der Waals surface area contributed by atoms with Crippen LogP contribution in [0.4, 0.5) is 4.79 Å². The molecule has 1 aliphatic heterocycles. The molecule has 4 heteroatoms. The molecular formula is C11H19N3O. The Morgan fingerprint density at radius 1 is 1.47 bits per heavy atom. The van der Waals surface area contributed by atoms with E-state index in [2.05, 4.69) is 31.1 Å². The van der Waals surface area contributed by atoms with Crippen molar-refractivity contribution in [1.29, 1.82) is 0 Å². The van der Waals surface area contributed by atoms with E-state index < -0.39 is 0 Å². The van der Waals surface area contributed by atoms with Crippen molar-refractivity contribution >= 4 is 11.9 Å². The highest BCUT2D eigenvalue weighted by Crippen LogP contribution is 2.44. The van der Waals surface area contributed by atoms with E-state index in [0.717, 1.165) is 12.8 Å². The smallest absolute Gasteiger partial charge is 0.343 e. The fourth-order valence-corrected chi connectivity index (χ4v) is 3.38. The number of amidine groups is 1. The van der Waals surface area contributed by atoms with Gasteiger partial charge in [0, 0.05) is 0 Å². The van der Waals surface area contributed by atoms with E-state index in [4.69, 9.17) is 5.73 Å². The molecule has 0 saturated heterocycles. The summed E-state index contributed by atoms with van der Waals surface area (Å²) in [6, 6.07) is -0.280. The normalized spacial score (nSPS) is 39.0. The van der Waals surface area contributed by atoms with Crippen molar-refractivity contribution in [3.8, 4) is 0 Å². The van der Waals surface area contributed by atoms with Gasteiger partial charge in [-0.1, -0.05) is 20.8 Å². The molecule has 0 aromatic rings. The molecule has 1 fully saturated rings. The average Bonchev–Trinajstić information content (AvgIpc) is 2.20. The highest BCUT2D eigenvalue weighted by molar-refractivity contribution is 6.05. The average molecular weight is 209 g/mol. The van der Waals surface area contributed by atoms with Crippen LogP contribution in [0.25, 0.3) is 0 Å². The molecule has 15 heavy (non-hydrogen) atoms. The predicted molar refractivity (Wildman–Crippen MR) is 59.7 cm³/mol. The van der Waals surface area contributed by atoms with Gasteiger partial charge < -0.3 is 11.1 Å². The summed E-state index contributed by atoms with van der Waals surface area (Å²) in [6.07, 6.45) is 2.99. The molecule has 2 aliphatic rings. The van der Waals surface area contributed by atoms with E-state index in [1.165, 1.54) is 6.42 Å². The molecule has 2 unspecified atom stereocenters. The van der Waals surface area contributed by atoms with Crippen LogP contribution in [-0.4, -0.2) is 17.4 Å². The number of aliphatic imine (C=N–C) groups is 1. The summed E-state index contributed by atoms with van der Waals surface area (Å²) < 4.78 is 0. The number of nitrogens with two attached hydrogens (primary N) is 1. The maximum atomic E-state index is 11.3. The Bertz CT molecular complexity index is 335. The zero-order valence-corrected chi connectivity index (χ0v) is 9.63. The molecule has 1 spiro atoms. The molecule has 3 N–H and O–H groups in total. The van der Waals surface area contributed by atoms with Gasteiger partial charge in [-0.25, -0.2) is 4.79 Å². The molecule has 1 saturated carbocycles. The molecule has 0 aromatic heterocycles. The van der Waals surface area contributed by atoms with Gasteiger partial charge in [0.25, 0.3) is 0 Å². The second-order valence-corrected chi connectivity index (χ2v) is 5.86. The summed E-state index contributed by atoms with van der Waals surface area (Å²) in [5, 5.41) is 2.94. The number of hydrogen-bond donors (Lipinski definition) is 2. The molecule has 1 aliphatic carbocycles. The predicted octanol–water partition coefficient (Wildman–Crippen LogP) is 1.65. The van der Waals surface area contributed by atoms with E-state index in [0.29, 0.717) is 11.8 Å². The van der Waals surface area contributed by atoms with Crippen molar-refractivity contribution < 1.29 is 4.79 Å². The van der Waals surface area contributed by atoms with Gasteiger partial charge in [0.05, 0.1) is 0 Å². The van der Waals surface area contributed by atoms with Crippen LogP contribution in [0.15, 0.2) is 4.99 Å². The Morgan fingerprint density at radius 3 is 2.60 bits per heavy atom. The van der Waals surface area contributed by atoms with Crippen molar-refractivity contribution in [3.05, 3.63) is 0 Å². The maximum absolute atomic E-state index is 11.3. The van der Waals surface area contributed by atoms with Crippen LogP contribution in [0, 0.1) is 11.3 Å². The zero-order chi connectivity index (χ0) is 11.3. The summed E-state index contributed by atoms with van der Waals surface area (Å²) in [5.74, 6) is 1.05. The van der Waals surface area contributed by atoms with Gasteiger partial charge in [-0.3, -0.25) is 0 Å². The van der Waals surface area contributed by atoms with Gasteiger partial charge in [-0.2, -0.15) is 4.99 Å². The van der Waals surface area contributed by atoms with Crippen LogP contribution >= 0.6 is 0 Å². The lowest BCUT2D eigenvalue weighted by Crippen LogP contribution is -2.57. The second-order valence-electron chi connectivity index (χ2n) is 5.86. The lowest BCUT2D eigenvalue weighted by Gasteiger charge is -2.45. The van der Waals surface area contributed by atoms with Crippen molar-refractivity contribution in [1.82, 2.24) is 5.32 Å². The summed E-state index contributed by atoms with van der Waals surface area (Å²) in [6.45, 7) is 6.66. The highest BCUT2D eigenvalue weighted by Gasteiger charge is 2.49. The number of carbonyl (C=O) groups excluding carboxylic acids is 1. The molecule has 2 atom stereocenters. The molecule has 84 valence electrons. The first-order chi connectivity index (χ1) is 6.83. The van der Waals surface area contributed by atoms with Gasteiger partial charge in [0.15, 0.2) is 0 Å². The van der Waals surface area contributed by atoms with Gasteiger partial charge >= 0.3 is 6.03 Å². The number of rotatable bonds is 0. The number of hydrogen-bond acceptors (Lipinski definition) is 2. The van der Waals surface area contributed by atoms with E-state index in [1.54, 1.807) is 0 Å². The molecular weight excluding hydrogens is 190 g/mol. The van der Waals surface area contributed by atoms with E-state index in [9.17, 15) is 4.79 Å². The third-order valence-electron chi connectivity index (χ3n) is 3.44. The Balaban J connectivity index is 2.30. The van der Waals surface area contributed by atoms with Crippen molar-refractivity contribution in [2.45, 2.75) is 45.6 Å². The number of nitrogens with zero attached hydrogens (tertiary/aromatic N) is 1. The summed E-state index contributed by atoms with van der Waals surface area (Å²) in [5.41, 5.74) is 5.74. The largest absolute Gasteiger partial charge is 0.385 e. The summed E-state index contributed by atoms with van der Waals surface area (Å²) in [7, 11) is 0. The second kappa shape index (κ2) is 2.97. The minimum atomic E-state index is -0.363. The van der Waals surface area contributed by atoms with Gasteiger partial charge in [-0.15, -0.1) is 0 Å². The van der Waals surface area contributed by atoms with Crippen molar-refractivity contribution in [2.75, 3.05) is 0 Å². The molecule has 2 rings (SSSR count). The first-order valence-corrected chi connectivity index (χ1v) is 5.50. The standard InChI is InChI=1S/C11H19N3O/c1-7-4-10(2,3)6-11(5-7)8(12)13-9(15)14-11/h7H,4-6H2,1-3H3,(H3,12,13,14,15). The Morgan fingerprint density at radius 2 is 2.13 bits per heavy atom. The molecule has 2 amide bonds. The topological polar surface area (TPSA) is 67.5 Å². The summed E-state index contributed by atoms with van der Waals surface area (Å²) >= 11 is 0. The monoisotopic (exact) mass is 209 g/mol. The van der Waals surface area contributed by atoms with E-state index in [1.807, 2.05) is 0 Å². The minimum absolute atomic E-state index is 0.218. The molecule has 1 heterocycles. The quantitative estimate of drug-likeness (QED) is 0.637. The minimum Gasteiger partial charge on any atom is -0.385 e. The SMILES string of the molecule is CC1CC(C)(C)CC2(C1)NC(=O)N=C2N. The summed E-state index contributed by atoms with van der Waals surface area (Å²) in [4.78, 5) is 15.1. The highest BCUT2D eigenvalue weighted by atomic mass is 16.2. The van der Waals surface area contributed by atoms with Crippen LogP contribution in [0.2, 0.25) is 0 Å². The van der Waals surface area contributed by atoms with Crippen molar-refractivity contribution in [3.63, 3.8) is 0 Å². The first-order valence-electron chi connectivity index (χ1n) is 5.50. The van der Waals surface area contributed by atoms with E-state index in [-0.39, 0.29) is 17.0 Å². The molecule has 4 nitrogen and oxygen atoms in total. The fraction of sp³-hybridized carbons (Fsp3) is 0.818. The molecule has 0 bridgehead atoms. The molecule has 0 aromatic carbocycles. The van der Waals surface area contributed by atoms with Crippen LogP contribution < -0.4 is 11.1 Å². The number of nitrogens with one attached hydrogen (secondary N) is 1. The number of amides is 2. The maximum Gasteiger partial charge on any atom is 0.343 e. The van der Waals surface area contributed by atoms with Crippen LogP contribution in [-0.2, 0) is 0 Å². The first kappa shape index (κ1) is 10.5. The lowest BCUT2D eigenvalue weighted by atomic mass is 9.64. The lowest BCUT2D eigenvalue weighted by molar-refractivity contribution is 0.130. The fourth-order valence-electron chi connectivity index (χ4n) is 3.38. The Labute approximate surface area is 90.3 Å². The van der Waals surface area contributed by atoms with Gasteiger partial charge in [0.1, 0.15) is 11.4 Å². The molecule has 0 radical (unpaired) electrons. The van der Waals surface area contributed by atoms with Crippen LogP contribution in [0.3, 0.4) is 0 Å². The van der Waals surface area contributed by atoms with Gasteiger partial charge in [0.2, 0.25) is 0 Å². The number of carbonyl (C=O) groups is 1.